The van der Waals surface area contributed by atoms with Gasteiger partial charge in [-0.05, 0) is 25.5 Å². The Kier molecular flexibility index (Phi) is 5.78. The van der Waals surface area contributed by atoms with Crippen molar-refractivity contribution in [3.8, 4) is 0 Å². The predicted molar refractivity (Wildman–Crippen MR) is 120 cm³/mol. The van der Waals surface area contributed by atoms with Gasteiger partial charge < -0.3 is 29.1 Å². The molecular formula is C24H32N4O5. The van der Waals surface area contributed by atoms with Crippen molar-refractivity contribution in [2.24, 2.45) is 0 Å². The first-order valence-electron chi connectivity index (χ1n) is 11.8. The molecule has 4 heterocycles. The maximum absolute atomic E-state index is 14.0. The van der Waals surface area contributed by atoms with E-state index in [0.29, 0.717) is 71.3 Å². The molecule has 0 aliphatic carbocycles. The van der Waals surface area contributed by atoms with Gasteiger partial charge in [-0.3, -0.25) is 9.59 Å². The number of ether oxygens (including phenoxy) is 2. The van der Waals surface area contributed by atoms with Crippen molar-refractivity contribution < 1.29 is 23.9 Å². The minimum atomic E-state index is -0.753. The Balaban J connectivity index is 1.52. The Morgan fingerprint density at radius 3 is 2.09 bits per heavy atom. The van der Waals surface area contributed by atoms with Crippen LogP contribution in [0, 0.1) is 0 Å². The lowest BCUT2D eigenvalue weighted by Gasteiger charge is -2.62. The highest BCUT2D eigenvalue weighted by Crippen LogP contribution is 2.48. The quantitative estimate of drug-likeness (QED) is 0.663. The van der Waals surface area contributed by atoms with Gasteiger partial charge in [0.25, 0.3) is 5.91 Å². The third kappa shape index (κ3) is 3.58. The number of carbonyl (C=O) groups excluding carboxylic acids is 3. The molecule has 178 valence electrons. The molecule has 1 unspecified atom stereocenters. The third-order valence-electron chi connectivity index (χ3n) is 7.31. The molecule has 0 radical (unpaired) electrons. The fourth-order valence-corrected chi connectivity index (χ4v) is 5.82. The minimum absolute atomic E-state index is 0.0161. The summed E-state index contributed by atoms with van der Waals surface area (Å²) in [6.07, 6.45) is 0. The third-order valence-corrected chi connectivity index (χ3v) is 7.31. The van der Waals surface area contributed by atoms with Crippen LogP contribution in [0.2, 0.25) is 0 Å². The highest BCUT2D eigenvalue weighted by molar-refractivity contribution is 6.02. The lowest BCUT2D eigenvalue weighted by Crippen LogP contribution is -2.79. The highest BCUT2D eigenvalue weighted by Gasteiger charge is 2.63. The average molecular weight is 457 g/mol. The number of fused-ring (bicyclic) bond motifs is 1. The predicted octanol–water partition coefficient (Wildman–Crippen LogP) is 1.000. The standard InChI is InChI=1S/C24H32N4O5/c1-17(2)28-21(29)19-6-4-3-5-18(19)20(22(30)25-7-11-32-12-8-25)24(28)15-27(16-24)23(31)26-9-13-33-14-10-26/h3-6,17,20H,7-16H2,1-2H3. The molecule has 0 N–H and O–H groups in total. The Morgan fingerprint density at radius 1 is 0.909 bits per heavy atom. The molecule has 0 bridgehead atoms. The summed E-state index contributed by atoms with van der Waals surface area (Å²) in [6.45, 7) is 8.97. The van der Waals surface area contributed by atoms with Crippen molar-refractivity contribution in [2.45, 2.75) is 31.3 Å². The molecule has 3 saturated heterocycles. The molecule has 1 aromatic carbocycles. The molecule has 3 fully saturated rings. The Labute approximate surface area is 194 Å². The van der Waals surface area contributed by atoms with Crippen LogP contribution in [0.15, 0.2) is 24.3 Å². The van der Waals surface area contributed by atoms with E-state index in [9.17, 15) is 14.4 Å². The van der Waals surface area contributed by atoms with E-state index in [1.54, 1.807) is 9.80 Å². The minimum Gasteiger partial charge on any atom is -0.378 e. The Bertz CT molecular complexity index is 933. The summed E-state index contributed by atoms with van der Waals surface area (Å²) in [7, 11) is 0. The molecule has 5 rings (SSSR count). The number of hydrogen-bond donors (Lipinski definition) is 0. The number of urea groups is 1. The second kappa shape index (κ2) is 8.61. The average Bonchev–Trinajstić information content (AvgIpc) is 2.82. The molecule has 1 aromatic rings. The van der Waals surface area contributed by atoms with Crippen molar-refractivity contribution in [1.82, 2.24) is 19.6 Å². The lowest BCUT2D eigenvalue weighted by atomic mass is 9.67. The van der Waals surface area contributed by atoms with Gasteiger partial charge in [-0.2, -0.15) is 0 Å². The van der Waals surface area contributed by atoms with Crippen LogP contribution in [0.5, 0.6) is 0 Å². The summed E-state index contributed by atoms with van der Waals surface area (Å²) in [5.74, 6) is -0.562. The smallest absolute Gasteiger partial charge is 0.320 e. The van der Waals surface area contributed by atoms with Crippen molar-refractivity contribution >= 4 is 17.8 Å². The van der Waals surface area contributed by atoms with Crippen molar-refractivity contribution in [2.75, 3.05) is 65.7 Å². The number of likely N-dealkylation sites (tertiary alicyclic amines) is 1. The van der Waals surface area contributed by atoms with E-state index in [0.717, 1.165) is 5.56 Å². The van der Waals surface area contributed by atoms with E-state index in [-0.39, 0.29) is 23.9 Å². The topological polar surface area (TPSA) is 82.6 Å². The van der Waals surface area contributed by atoms with Gasteiger partial charge >= 0.3 is 6.03 Å². The van der Waals surface area contributed by atoms with E-state index in [2.05, 4.69) is 0 Å². The molecule has 9 nitrogen and oxygen atoms in total. The lowest BCUT2D eigenvalue weighted by molar-refractivity contribution is -0.146. The van der Waals surface area contributed by atoms with Crippen molar-refractivity contribution in [3.05, 3.63) is 35.4 Å². The molecule has 4 aliphatic heterocycles. The Hall–Kier alpha value is -2.65. The molecule has 4 amide bonds. The molecule has 9 heteroatoms. The van der Waals surface area contributed by atoms with Crippen molar-refractivity contribution in [3.63, 3.8) is 0 Å². The summed E-state index contributed by atoms with van der Waals surface area (Å²) in [4.78, 5) is 48.1. The van der Waals surface area contributed by atoms with Crippen molar-refractivity contribution in [1.29, 1.82) is 0 Å². The molecule has 33 heavy (non-hydrogen) atoms. The molecule has 1 spiro atoms. The van der Waals surface area contributed by atoms with Crippen LogP contribution in [0.1, 0.15) is 35.7 Å². The summed E-state index contributed by atoms with van der Waals surface area (Å²) in [5, 5.41) is 0. The van der Waals surface area contributed by atoms with E-state index in [1.807, 2.05) is 47.9 Å². The fraction of sp³-hybridized carbons (Fsp3) is 0.625. The van der Waals surface area contributed by atoms with E-state index < -0.39 is 11.5 Å². The van der Waals surface area contributed by atoms with Crippen LogP contribution in [0.4, 0.5) is 4.79 Å². The maximum Gasteiger partial charge on any atom is 0.320 e. The van der Waals surface area contributed by atoms with Gasteiger partial charge in [0.05, 0.1) is 37.9 Å². The first-order chi connectivity index (χ1) is 15.9. The van der Waals surface area contributed by atoms with E-state index in [4.69, 9.17) is 9.47 Å². The van der Waals surface area contributed by atoms with E-state index >= 15 is 0 Å². The van der Waals surface area contributed by atoms with Gasteiger partial charge in [-0.15, -0.1) is 0 Å². The number of benzene rings is 1. The first-order valence-corrected chi connectivity index (χ1v) is 11.8. The largest absolute Gasteiger partial charge is 0.378 e. The second-order valence-corrected chi connectivity index (χ2v) is 9.57. The summed E-state index contributed by atoms with van der Waals surface area (Å²) in [5.41, 5.74) is 0.604. The second-order valence-electron chi connectivity index (χ2n) is 9.57. The monoisotopic (exact) mass is 456 g/mol. The molecule has 1 atom stereocenters. The first kappa shape index (κ1) is 22.2. The molecular weight excluding hydrogens is 424 g/mol. The number of carbonyl (C=O) groups is 3. The Morgan fingerprint density at radius 2 is 1.48 bits per heavy atom. The molecule has 4 aliphatic rings. The van der Waals surface area contributed by atoms with Crippen LogP contribution in [-0.2, 0) is 14.3 Å². The van der Waals surface area contributed by atoms with Gasteiger partial charge in [-0.1, -0.05) is 18.2 Å². The zero-order valence-corrected chi connectivity index (χ0v) is 19.4. The van der Waals surface area contributed by atoms with Crippen LogP contribution in [-0.4, -0.2) is 115 Å². The normalized spacial score (nSPS) is 24.7. The number of nitrogens with zero attached hydrogens (tertiary/aromatic N) is 4. The van der Waals surface area contributed by atoms with Crippen LogP contribution < -0.4 is 0 Å². The molecule has 0 aromatic heterocycles. The number of rotatable bonds is 2. The SMILES string of the molecule is CC(C)N1C(=O)c2ccccc2C(C(=O)N2CCOCC2)C12CN(C(=O)N1CCOCC1)C2. The molecule has 0 saturated carbocycles. The van der Waals surface area contributed by atoms with Gasteiger partial charge in [-0.25, -0.2) is 4.79 Å². The van der Waals surface area contributed by atoms with Gasteiger partial charge in [0.1, 0.15) is 0 Å². The summed E-state index contributed by atoms with van der Waals surface area (Å²) < 4.78 is 10.8. The van der Waals surface area contributed by atoms with Gasteiger partial charge in [0.15, 0.2) is 0 Å². The van der Waals surface area contributed by atoms with Crippen LogP contribution >= 0.6 is 0 Å². The summed E-state index contributed by atoms with van der Waals surface area (Å²) >= 11 is 0. The van der Waals surface area contributed by atoms with Gasteiger partial charge in [0, 0.05) is 50.9 Å². The highest BCUT2D eigenvalue weighted by atomic mass is 16.5. The fourth-order valence-electron chi connectivity index (χ4n) is 5.82. The zero-order valence-electron chi connectivity index (χ0n) is 19.4. The van der Waals surface area contributed by atoms with Crippen LogP contribution in [0.25, 0.3) is 0 Å². The zero-order chi connectivity index (χ0) is 23.2. The summed E-state index contributed by atoms with van der Waals surface area (Å²) in [6, 6.07) is 7.30. The van der Waals surface area contributed by atoms with Crippen LogP contribution in [0.3, 0.4) is 0 Å². The maximum atomic E-state index is 14.0. The number of amides is 4. The number of hydrogen-bond acceptors (Lipinski definition) is 5. The van der Waals surface area contributed by atoms with E-state index in [1.165, 1.54) is 0 Å². The van der Waals surface area contributed by atoms with Gasteiger partial charge in [0.2, 0.25) is 5.91 Å². The number of morpholine rings is 2.